The molecule has 0 saturated carbocycles. The van der Waals surface area contributed by atoms with Crippen molar-refractivity contribution in [2.24, 2.45) is 0 Å². The van der Waals surface area contributed by atoms with E-state index in [1.165, 1.54) is 0 Å². The lowest BCUT2D eigenvalue weighted by Gasteiger charge is -2.39. The second-order valence-electron chi connectivity index (χ2n) is 3.96. The largest absolute Gasteiger partial charge is 0.392 e. The van der Waals surface area contributed by atoms with Crippen LogP contribution in [0.5, 0.6) is 0 Å². The van der Waals surface area contributed by atoms with E-state index in [-0.39, 0.29) is 6.04 Å². The first-order chi connectivity index (χ1) is 6.09. The van der Waals surface area contributed by atoms with Crippen molar-refractivity contribution in [3.8, 4) is 0 Å². The maximum absolute atomic E-state index is 9.57. The molecule has 4 N–H and O–H groups in total. The van der Waals surface area contributed by atoms with Crippen molar-refractivity contribution < 1.29 is 20.4 Å². The topological polar surface area (TPSA) is 84.2 Å². The zero-order chi connectivity index (χ0) is 9.59. The predicted octanol–water partition coefficient (Wildman–Crippen LogP) is -2.48. The average molecular weight is 189 g/mol. The highest BCUT2D eigenvalue weighted by molar-refractivity contribution is 4.99. The Labute approximate surface area is 76.2 Å². The lowest BCUT2D eigenvalue weighted by atomic mass is 9.94. The average Bonchev–Trinajstić information content (AvgIpc) is 2.42. The molecular weight excluding hydrogens is 174 g/mol. The standard InChI is InChI=1S/C8H15NO4/c10-4-1-5-7(12)8(13)6(11)3-9(5)2-4/h4-8,10-13H,1-3H2/t4-,5-,6+,7-,8+/m1/s1. The second-order valence-corrected chi connectivity index (χ2v) is 3.96. The second kappa shape index (κ2) is 3.18. The number of piperidine rings is 1. The molecule has 2 aliphatic heterocycles. The fourth-order valence-corrected chi connectivity index (χ4v) is 2.28. The number of aliphatic hydroxyl groups excluding tert-OH is 4. The van der Waals surface area contributed by atoms with E-state index in [4.69, 9.17) is 0 Å². The van der Waals surface area contributed by atoms with Crippen molar-refractivity contribution in [1.29, 1.82) is 0 Å². The normalized spacial score (nSPS) is 52.2. The summed E-state index contributed by atoms with van der Waals surface area (Å²) in [7, 11) is 0. The van der Waals surface area contributed by atoms with E-state index in [0.29, 0.717) is 19.5 Å². The summed E-state index contributed by atoms with van der Waals surface area (Å²) in [4.78, 5) is 1.83. The lowest BCUT2D eigenvalue weighted by molar-refractivity contribution is -0.127. The lowest BCUT2D eigenvalue weighted by Crippen LogP contribution is -2.58. The van der Waals surface area contributed by atoms with Gasteiger partial charge < -0.3 is 20.4 Å². The summed E-state index contributed by atoms with van der Waals surface area (Å²) < 4.78 is 0. The molecule has 0 aromatic heterocycles. The molecule has 2 saturated heterocycles. The molecule has 5 atom stereocenters. The van der Waals surface area contributed by atoms with E-state index < -0.39 is 24.4 Å². The molecule has 76 valence electrons. The van der Waals surface area contributed by atoms with Gasteiger partial charge in [-0.15, -0.1) is 0 Å². The highest BCUT2D eigenvalue weighted by Gasteiger charge is 2.45. The summed E-state index contributed by atoms with van der Waals surface area (Å²) in [6.45, 7) is 0.811. The molecule has 0 radical (unpaired) electrons. The maximum atomic E-state index is 9.57. The Hall–Kier alpha value is -0.200. The van der Waals surface area contributed by atoms with E-state index in [1.54, 1.807) is 0 Å². The summed E-state index contributed by atoms with van der Waals surface area (Å²) in [6.07, 6.45) is -2.90. The van der Waals surface area contributed by atoms with Gasteiger partial charge in [0.1, 0.15) is 6.10 Å². The quantitative estimate of drug-likeness (QED) is 0.339. The summed E-state index contributed by atoms with van der Waals surface area (Å²) in [5.41, 5.74) is 0. The smallest absolute Gasteiger partial charge is 0.108 e. The van der Waals surface area contributed by atoms with Crippen LogP contribution in [0.15, 0.2) is 0 Å². The first-order valence-electron chi connectivity index (χ1n) is 4.56. The minimum Gasteiger partial charge on any atom is -0.392 e. The minimum atomic E-state index is -1.08. The van der Waals surface area contributed by atoms with Crippen molar-refractivity contribution in [1.82, 2.24) is 4.90 Å². The van der Waals surface area contributed by atoms with Gasteiger partial charge in [-0.3, -0.25) is 4.90 Å². The monoisotopic (exact) mass is 189 g/mol. The van der Waals surface area contributed by atoms with E-state index in [2.05, 4.69) is 0 Å². The number of hydrogen-bond acceptors (Lipinski definition) is 5. The number of hydrogen-bond donors (Lipinski definition) is 4. The van der Waals surface area contributed by atoms with E-state index in [0.717, 1.165) is 0 Å². The SMILES string of the molecule is O[C@@H]1C[C@@H]2[C@@H](O)[C@@H](O)[C@@H](O)CN2C1. The fraction of sp³-hybridized carbons (Fsp3) is 1.00. The number of aliphatic hydroxyl groups is 4. The van der Waals surface area contributed by atoms with Gasteiger partial charge in [0.15, 0.2) is 0 Å². The van der Waals surface area contributed by atoms with Gasteiger partial charge in [0.05, 0.1) is 18.3 Å². The van der Waals surface area contributed by atoms with Crippen LogP contribution < -0.4 is 0 Å². The molecule has 0 aromatic carbocycles. The molecule has 5 nitrogen and oxygen atoms in total. The van der Waals surface area contributed by atoms with E-state index in [1.807, 2.05) is 4.90 Å². The molecular formula is C8H15NO4. The maximum Gasteiger partial charge on any atom is 0.108 e. The van der Waals surface area contributed by atoms with Crippen LogP contribution in [0.4, 0.5) is 0 Å². The zero-order valence-electron chi connectivity index (χ0n) is 7.24. The summed E-state index contributed by atoms with van der Waals surface area (Å²) in [6, 6.07) is -0.201. The van der Waals surface area contributed by atoms with Crippen LogP contribution >= 0.6 is 0 Å². The van der Waals surface area contributed by atoms with Gasteiger partial charge in [-0.05, 0) is 6.42 Å². The van der Waals surface area contributed by atoms with Crippen LogP contribution in [-0.4, -0.2) is 68.9 Å². The third kappa shape index (κ3) is 1.47. The molecule has 2 heterocycles. The highest BCUT2D eigenvalue weighted by Crippen LogP contribution is 2.27. The molecule has 0 aliphatic carbocycles. The van der Waals surface area contributed by atoms with Crippen LogP contribution in [0.2, 0.25) is 0 Å². The molecule has 2 rings (SSSR count). The van der Waals surface area contributed by atoms with Gasteiger partial charge in [-0.2, -0.15) is 0 Å². The molecule has 13 heavy (non-hydrogen) atoms. The summed E-state index contributed by atoms with van der Waals surface area (Å²) >= 11 is 0. The molecule has 5 heteroatoms. The molecule has 0 spiro atoms. The third-order valence-electron chi connectivity index (χ3n) is 2.99. The van der Waals surface area contributed by atoms with Crippen LogP contribution in [0, 0.1) is 0 Å². The molecule has 0 unspecified atom stereocenters. The Morgan fingerprint density at radius 2 is 1.62 bits per heavy atom. The van der Waals surface area contributed by atoms with E-state index >= 15 is 0 Å². The van der Waals surface area contributed by atoms with Crippen molar-refractivity contribution in [2.75, 3.05) is 13.1 Å². The molecule has 0 aromatic rings. The molecule has 0 amide bonds. The van der Waals surface area contributed by atoms with Crippen molar-refractivity contribution in [3.05, 3.63) is 0 Å². The van der Waals surface area contributed by atoms with Crippen LogP contribution in [0.25, 0.3) is 0 Å². The number of nitrogens with zero attached hydrogens (tertiary/aromatic N) is 1. The molecule has 2 fully saturated rings. The number of rotatable bonds is 0. The predicted molar refractivity (Wildman–Crippen MR) is 44.0 cm³/mol. The Morgan fingerprint density at radius 1 is 0.923 bits per heavy atom. The zero-order valence-corrected chi connectivity index (χ0v) is 7.24. The Kier molecular flexibility index (Phi) is 2.29. The summed E-state index contributed by atoms with van der Waals surface area (Å²) in [5.74, 6) is 0. The summed E-state index contributed by atoms with van der Waals surface area (Å²) in [5, 5.41) is 37.6. The number of fused-ring (bicyclic) bond motifs is 1. The fourth-order valence-electron chi connectivity index (χ4n) is 2.28. The minimum absolute atomic E-state index is 0.201. The van der Waals surface area contributed by atoms with Gasteiger partial charge in [0.2, 0.25) is 0 Å². The van der Waals surface area contributed by atoms with Gasteiger partial charge >= 0.3 is 0 Å². The first kappa shape index (κ1) is 9.36. The van der Waals surface area contributed by atoms with Gasteiger partial charge in [-0.1, -0.05) is 0 Å². The Bertz CT molecular complexity index is 199. The Morgan fingerprint density at radius 3 is 2.31 bits per heavy atom. The van der Waals surface area contributed by atoms with Crippen molar-refractivity contribution in [2.45, 2.75) is 36.9 Å². The van der Waals surface area contributed by atoms with Gasteiger partial charge in [0.25, 0.3) is 0 Å². The van der Waals surface area contributed by atoms with Gasteiger partial charge in [0, 0.05) is 19.1 Å². The van der Waals surface area contributed by atoms with E-state index in [9.17, 15) is 20.4 Å². The first-order valence-corrected chi connectivity index (χ1v) is 4.56. The molecule has 2 aliphatic rings. The van der Waals surface area contributed by atoms with Crippen LogP contribution in [0.1, 0.15) is 6.42 Å². The highest BCUT2D eigenvalue weighted by atomic mass is 16.4. The van der Waals surface area contributed by atoms with Crippen LogP contribution in [0.3, 0.4) is 0 Å². The third-order valence-corrected chi connectivity index (χ3v) is 2.99. The van der Waals surface area contributed by atoms with Crippen molar-refractivity contribution in [3.63, 3.8) is 0 Å². The van der Waals surface area contributed by atoms with Crippen LogP contribution in [-0.2, 0) is 0 Å². The molecule has 0 bridgehead atoms. The van der Waals surface area contributed by atoms with Crippen molar-refractivity contribution >= 4 is 0 Å². The Balaban J connectivity index is 2.11. The van der Waals surface area contributed by atoms with Gasteiger partial charge in [-0.25, -0.2) is 0 Å².